The van der Waals surface area contributed by atoms with E-state index in [-0.39, 0.29) is 45.0 Å². The lowest BCUT2D eigenvalue weighted by atomic mass is 9.98. The molecule has 4 aliphatic rings. The molecule has 4 saturated heterocycles. The van der Waals surface area contributed by atoms with E-state index in [0.29, 0.717) is 5.75 Å². The number of hydrogen-bond acceptors (Lipinski definition) is 20. The van der Waals surface area contributed by atoms with Crippen molar-refractivity contribution in [3.63, 3.8) is 0 Å². The summed E-state index contributed by atoms with van der Waals surface area (Å²) in [4.78, 5) is 55.8. The summed E-state index contributed by atoms with van der Waals surface area (Å²) in [5, 5.41) is 24.9. The number of carbonyl (C=O) groups excluding carboxylic acids is 4. The molecule has 2 atom stereocenters. The highest BCUT2D eigenvalue weighted by Crippen LogP contribution is 2.28. The van der Waals surface area contributed by atoms with E-state index < -0.39 is 304 Å². The number of methoxy groups -OCH3 is 2. The molecule has 6 aromatic rings. The average Bonchev–Trinajstić information content (AvgIpc) is 1.66. The molecule has 4 heterocycles. The van der Waals surface area contributed by atoms with Crippen LogP contribution < -0.4 is 40.6 Å². The number of benzene rings is 6. The number of halogens is 3. The van der Waals surface area contributed by atoms with Gasteiger partial charge >= 0.3 is 0 Å². The smallest absolute Gasteiger partial charge is 0.300 e. The molecule has 0 amide bonds. The zero-order chi connectivity index (χ0) is 136. The molecule has 0 spiro atoms. The normalized spacial score (nSPS) is 34.6. The van der Waals surface area contributed by atoms with Crippen LogP contribution in [0.4, 0.5) is 5.69 Å². The lowest BCUT2D eigenvalue weighted by Crippen LogP contribution is -2.50. The summed E-state index contributed by atoms with van der Waals surface area (Å²) in [5.74, 6) is -11.7. The number of carbonyl (C=O) groups is 5. The van der Waals surface area contributed by atoms with Crippen molar-refractivity contribution in [1.82, 2.24) is 30.7 Å². The number of aliphatic carboxylic acids is 1. The predicted octanol–water partition coefficient (Wildman–Crippen LogP) is 9.68. The number of nitrogens with zero attached hydrogens (tertiary/aromatic N) is 3. The Morgan fingerprint density at radius 2 is 0.931 bits per heavy atom. The molecule has 4 aliphatic heterocycles. The molecule has 101 heavy (non-hydrogen) atoms. The van der Waals surface area contributed by atoms with Gasteiger partial charge in [0.05, 0.1) is 67.4 Å². The monoisotopic (exact) mass is 1530 g/mol. The number of carboxylic acids is 1. The van der Waals surface area contributed by atoms with Gasteiger partial charge in [-0.2, -0.15) is 0 Å². The van der Waals surface area contributed by atoms with Gasteiger partial charge in [-0.15, -0.1) is 23.2 Å². The van der Waals surface area contributed by atoms with E-state index in [1.807, 2.05) is 0 Å². The van der Waals surface area contributed by atoms with Crippen LogP contribution in [0.3, 0.4) is 0 Å². The number of piperazine rings is 3. The number of aryl methyl sites for hydroxylation is 8. The topological polar surface area (TPSA) is 267 Å². The van der Waals surface area contributed by atoms with Crippen molar-refractivity contribution in [2.75, 3.05) is 156 Å². The highest BCUT2D eigenvalue weighted by Gasteiger charge is 2.24. The highest BCUT2D eigenvalue weighted by atomic mass is 35.5. The van der Waals surface area contributed by atoms with Crippen LogP contribution in [0.15, 0.2) is 121 Å². The molecule has 0 aromatic heterocycles. The zero-order valence-electron chi connectivity index (χ0n) is 123. The number of anilines is 1. The molecule has 0 saturated carbocycles. The zero-order valence-corrected chi connectivity index (χ0v) is 54.9. The second kappa shape index (κ2) is 52.9. The standard InChI is InChI=1S/C25H34N2O4.C15H22N2O.C11H13ClO.C10H12O3.C8H11N.C4H10N2.C2H2Cl2O.C2H4O2.CH4O/c1-19-7-6-8-20(2)23(19)15-21(28)16-26-11-13-27(14-12-26)17-22(29)18-31-25-10-5-4-9-24(25)30-3;1-12-4-3-5-13(2)15(12)10-14(18)11-17-8-6-16-7-9-17;1-8-4-3-5-9(2)11(8)6-10(13)7-12;1-11-9-4-2-3-5-10(9)13-7-8-6-12-8;1-6-4-3-5-7(2)8(6)9;1-2-6-4-3-5-1;3-1-2(4)5;1-2(3)4;1-2/h4-10,22,29H,11-18H2,1-3H3;3-5,16H,6-11H2,1-2H3;3-5H,6-7H2,1-2H3;2-5,8H,6-7H2,1H3;3-5H,9H2,1-2H3;5-6H,1-4H2;1H2;1H3,(H,3,4);2H,1H3/i1D3,2D3,11D2,12D2,13D2,14D2,16D2,17D2,18D2,22D;1D3,2D3,6D2,7D2,8D2,9D2,11D2;1D3,2D3,7D2;6D2,7D2,8D;1D3,2D3;1D2,2D2,3D2,4D2;1D2;1D3;/hD. The maximum Gasteiger partial charge on any atom is 0.300 e. The SMILES string of the molecule is CO.[2H]C([2H])(Cl)C(=O)Cc1c(C([2H])([2H])[2H])cccc1C([2H])([2H])[2H].[2H]C([2H])(Cl)C(=O)Cl.[2H]C([2H])(Oc1ccccc1OC)C1([2H])OC1([2H])[2H].[2H]C([2H])([2H])c1cccc(C([2H])([2H])[2H])c1CC(=O)C([2H])([2H])N1C([2H])([2H])C([2H])([2H])N(C([2H])([2H])C([2H])(O)C([2H])([2H])Oc2ccccc2OC)C([2H])([2H])C1([2H])[2H].[2H]C([2H])([2H])c1cccc(C([2H])([2H])[2H])c1CC(=O)C([2H])([2H])N1C([2H])([2H])C([2H])([2H])NC([2H])([2H])C1([2H])[2H].[2H]C([2H])([2H])c1cccc(C([2H])([2H])[2H])c1N.[2H]C1([2H])NC([2H])([2H])C([2H])([2H])NC1([2H])[2H].[2H]OC(=O)C([2H])([2H])[2H]. The number of carboxylic acid groups (broad SMARTS) is 1. The van der Waals surface area contributed by atoms with Gasteiger partial charge in [0.15, 0.2) is 40.3 Å². The Bertz CT molecular complexity index is 6240. The summed E-state index contributed by atoms with van der Waals surface area (Å²) in [6.45, 7) is -88.6. The summed E-state index contributed by atoms with van der Waals surface area (Å²) in [5.41, 5.74) is 0.359. The molecular weight excluding hydrogens is 1350 g/mol. The minimum atomic E-state index is -4.53. The van der Waals surface area contributed by atoms with Crippen LogP contribution in [0, 0.1) is 54.8 Å². The van der Waals surface area contributed by atoms with Crippen molar-refractivity contribution >= 4 is 69.1 Å². The highest BCUT2D eigenvalue weighted by molar-refractivity contribution is 6.67. The molecule has 0 bridgehead atoms. The Labute approximate surface area is 713 Å². The second-order valence-electron chi connectivity index (χ2n) is 17.5. The fourth-order valence-corrected chi connectivity index (χ4v) is 6.45. The van der Waals surface area contributed by atoms with Crippen LogP contribution >= 0.6 is 34.8 Å². The fraction of sp³-hybridized carbons (Fsp3) is 0.474. The van der Waals surface area contributed by atoms with Gasteiger partial charge in [0.25, 0.3) is 7.40 Å². The van der Waals surface area contributed by atoms with Gasteiger partial charge in [0.1, 0.15) is 25.3 Å². The molecule has 0 aliphatic carbocycles. The number of β-amino-alcohol motifs (C(OH)–C–C–N with tert-alkyl or cyclic N) is 1. The molecule has 6 aromatic carbocycles. The summed E-state index contributed by atoms with van der Waals surface area (Å²) >= 11 is 14.6. The van der Waals surface area contributed by atoms with Crippen LogP contribution in [0.2, 0.25) is 0 Å². The number of nitrogens with two attached hydrogens (primary N) is 1. The first kappa shape index (κ1) is 29.9. The van der Waals surface area contributed by atoms with Crippen molar-refractivity contribution < 1.29 is 158 Å². The van der Waals surface area contributed by atoms with Gasteiger partial charge in [0, 0.05) is 196 Å². The maximum absolute atomic E-state index is 13.7. The number of aliphatic hydroxyl groups is 2. The molecule has 2 unspecified atom stereocenters. The van der Waals surface area contributed by atoms with Gasteiger partial charge in [-0.3, -0.25) is 38.7 Å². The van der Waals surface area contributed by atoms with Crippen LogP contribution in [0.5, 0.6) is 23.0 Å². The van der Waals surface area contributed by atoms with Crippen LogP contribution in [0.1, 0.15) is 163 Å². The molecule has 20 nitrogen and oxygen atoms in total. The van der Waals surface area contributed by atoms with Crippen molar-refractivity contribution in [3.8, 4) is 23.0 Å². The molecule has 4 fully saturated rings. The van der Waals surface area contributed by atoms with Gasteiger partial charge in [-0.25, -0.2) is 0 Å². The van der Waals surface area contributed by atoms with Gasteiger partial charge < -0.3 is 60.7 Å². The lowest BCUT2D eigenvalue weighted by molar-refractivity contribution is -0.134. The third-order valence-corrected chi connectivity index (χ3v) is 11.3. The fourth-order valence-electron chi connectivity index (χ4n) is 6.39. The first-order valence-corrected chi connectivity index (χ1v) is 28.3. The van der Waals surface area contributed by atoms with Crippen LogP contribution in [-0.4, -0.2) is 221 Å². The molecule has 558 valence electrons. The minimum Gasteiger partial charge on any atom is -0.493 e. The van der Waals surface area contributed by atoms with E-state index in [0.717, 1.165) is 56.7 Å². The van der Waals surface area contributed by atoms with Crippen molar-refractivity contribution in [2.24, 2.45) is 0 Å². The number of epoxide rings is 1. The minimum absolute atomic E-state index is 0.0860. The quantitative estimate of drug-likeness (QED) is 0.0144. The van der Waals surface area contributed by atoms with Crippen molar-refractivity contribution in [1.29, 1.82) is 1.43 Å². The van der Waals surface area contributed by atoms with Gasteiger partial charge in [-0.1, -0.05) is 97.1 Å². The number of nitrogen functional groups attached to an aromatic ring is 1. The lowest BCUT2D eigenvalue weighted by Gasteiger charge is -2.35. The van der Waals surface area contributed by atoms with Gasteiger partial charge in [-0.05, 0) is 152 Å². The number of alkyl halides is 2. The molecule has 23 heteroatoms. The van der Waals surface area contributed by atoms with Gasteiger partial charge in [0.2, 0.25) is 5.24 Å². The number of ketones is 3. The number of Topliss-reactive ketones (excluding diaryl/α,β-unsaturated/α-hetero) is 3. The van der Waals surface area contributed by atoms with Crippen molar-refractivity contribution in [3.05, 3.63) is 183 Å². The predicted molar refractivity (Wildman–Crippen MR) is 409 cm³/mol. The average molecular weight is 1530 g/mol. The Hall–Kier alpha value is -7.02. The first-order chi connectivity index (χ1) is 75.3. The number of ether oxygens (including phenoxy) is 5. The second-order valence-corrected chi connectivity index (χ2v) is 18.3. The molecule has 8 N–H and O–H groups in total. The van der Waals surface area contributed by atoms with E-state index in [4.69, 9.17) is 149 Å². The maximum atomic E-state index is 13.7. The largest absolute Gasteiger partial charge is 0.493 e. The molecular formula is C78H112Cl3N7O13. The number of aliphatic hydroxyl groups excluding tert-OH is 1. The Balaban J connectivity index is 0.000000713. The third kappa shape index (κ3) is 39.3. The number of nitrogens with one attached hydrogen (secondary N) is 3. The van der Waals surface area contributed by atoms with E-state index in [2.05, 4.69) is 21.4 Å². The van der Waals surface area contributed by atoms with Crippen LogP contribution in [-0.2, 0) is 48.0 Å². The number of hydrogen-bond donors (Lipinski definition) is 7. The van der Waals surface area contributed by atoms with E-state index in [1.165, 1.54) is 73.1 Å². The summed E-state index contributed by atoms with van der Waals surface area (Å²) < 4.78 is 558. The number of para-hydroxylation sites is 5. The summed E-state index contributed by atoms with van der Waals surface area (Å²) in [6, 6.07) is 25.1. The van der Waals surface area contributed by atoms with E-state index in [9.17, 15) is 29.1 Å². The molecule has 0 radical (unpaired) electrons. The van der Waals surface area contributed by atoms with E-state index >= 15 is 0 Å². The Morgan fingerprint density at radius 3 is 1.28 bits per heavy atom. The molecule has 10 rings (SSSR count). The number of rotatable bonds is 22. The third-order valence-electron chi connectivity index (χ3n) is 10.8. The summed E-state index contributed by atoms with van der Waals surface area (Å²) in [7, 11) is 3.53. The summed E-state index contributed by atoms with van der Waals surface area (Å²) in [6.07, 6.45) is -10.2. The van der Waals surface area contributed by atoms with Crippen LogP contribution in [0.25, 0.3) is 1.43 Å². The Kier molecular flexibility index (Phi) is 15.6. The first-order valence-electron chi connectivity index (χ1n) is 62.1. The van der Waals surface area contributed by atoms with E-state index in [1.54, 1.807) is 28.8 Å². The Morgan fingerprint density at radius 1 is 0.574 bits per heavy atom. The van der Waals surface area contributed by atoms with Crippen molar-refractivity contribution in [2.45, 2.75) is 93.1 Å².